The van der Waals surface area contributed by atoms with Gasteiger partial charge in [-0.2, -0.15) is 5.10 Å². The molecule has 0 saturated heterocycles. The standard InChI is InChI=1S/C35H42ClN5O5S/c1-23-6-3-4-8-31(45-19-33-37-22-40(2)38-33)28-12-9-26(28)18-41-20-35(15-5-7-24-16-27(36)11-13-29(24)35)21-46-32-14-10-25(17-30(32)41)34(42)39-47(23,43)44/h4,8,10-11,13-14,16-17,22-23,26,28,31H,3,5-7,9,12,15,18-21H2,1-2H3,(H,39,42)/b8-4+/t23-,26+,28-,31+,35+/m1/s1. The van der Waals surface area contributed by atoms with E-state index in [1.165, 1.54) is 11.1 Å². The highest BCUT2D eigenvalue weighted by Gasteiger charge is 2.44. The Balaban J connectivity index is 1.26. The highest BCUT2D eigenvalue weighted by molar-refractivity contribution is 7.90. The molecule has 2 bridgehead atoms. The van der Waals surface area contributed by atoms with Gasteiger partial charge in [0.15, 0.2) is 5.82 Å². The van der Waals surface area contributed by atoms with E-state index in [4.69, 9.17) is 21.1 Å². The minimum atomic E-state index is -3.89. The fraction of sp³-hybridized carbons (Fsp3) is 0.514. The number of carbonyl (C=O) groups is 1. The molecule has 2 aromatic carbocycles. The van der Waals surface area contributed by atoms with Crippen molar-refractivity contribution < 1.29 is 22.7 Å². The molecule has 12 heteroatoms. The summed E-state index contributed by atoms with van der Waals surface area (Å²) in [6.07, 6.45) is 11.6. The van der Waals surface area contributed by atoms with Gasteiger partial charge in [-0.25, -0.2) is 18.1 Å². The number of amides is 1. The first-order valence-corrected chi connectivity index (χ1v) is 18.5. The van der Waals surface area contributed by atoms with Crippen molar-refractivity contribution in [2.75, 3.05) is 24.6 Å². The Labute approximate surface area is 281 Å². The SMILES string of the molecule is C[C@@H]1CC/C=C/[C@H](OCc2ncn(C)n2)[C@@H]2CC[C@H]2CN2C[C@@]3(CCCc4cc(Cl)ccc43)COc3ccc(cc32)C(=O)NS1(=O)=O. The summed E-state index contributed by atoms with van der Waals surface area (Å²) >= 11 is 6.44. The topological polar surface area (TPSA) is 116 Å². The van der Waals surface area contributed by atoms with E-state index in [0.717, 1.165) is 49.4 Å². The second-order valence-corrected chi connectivity index (χ2v) is 16.2. The predicted molar refractivity (Wildman–Crippen MR) is 180 cm³/mol. The Morgan fingerprint density at radius 2 is 2.04 bits per heavy atom. The summed E-state index contributed by atoms with van der Waals surface area (Å²) in [5.41, 5.74) is 3.36. The minimum Gasteiger partial charge on any atom is -0.490 e. The van der Waals surface area contributed by atoms with E-state index in [0.29, 0.717) is 55.7 Å². The van der Waals surface area contributed by atoms with Crippen LogP contribution >= 0.6 is 11.6 Å². The molecule has 47 heavy (non-hydrogen) atoms. The lowest BCUT2D eigenvalue weighted by Crippen LogP contribution is -2.49. The molecule has 250 valence electrons. The van der Waals surface area contributed by atoms with E-state index < -0.39 is 21.2 Å². The van der Waals surface area contributed by atoms with Crippen molar-refractivity contribution in [3.63, 3.8) is 0 Å². The van der Waals surface area contributed by atoms with Gasteiger partial charge in [-0.3, -0.25) is 9.48 Å². The van der Waals surface area contributed by atoms with Crippen LogP contribution in [0, 0.1) is 11.8 Å². The van der Waals surface area contributed by atoms with Crippen molar-refractivity contribution in [3.8, 4) is 5.75 Å². The second kappa shape index (κ2) is 12.9. The van der Waals surface area contributed by atoms with Crippen LogP contribution in [0.25, 0.3) is 0 Å². The van der Waals surface area contributed by atoms with Crippen molar-refractivity contribution in [3.05, 3.63) is 82.4 Å². The van der Waals surface area contributed by atoms with Crippen LogP contribution in [-0.4, -0.2) is 60.1 Å². The highest BCUT2D eigenvalue weighted by Crippen LogP contribution is 2.47. The number of halogens is 1. The zero-order valence-electron chi connectivity index (χ0n) is 26.9. The molecule has 2 aliphatic carbocycles. The molecule has 10 nitrogen and oxygen atoms in total. The maximum absolute atomic E-state index is 13.4. The summed E-state index contributed by atoms with van der Waals surface area (Å²) in [5, 5.41) is 4.38. The largest absolute Gasteiger partial charge is 0.490 e. The van der Waals surface area contributed by atoms with Crippen molar-refractivity contribution in [1.29, 1.82) is 0 Å². The van der Waals surface area contributed by atoms with Crippen LogP contribution in [0.5, 0.6) is 5.75 Å². The van der Waals surface area contributed by atoms with Gasteiger partial charge in [0.1, 0.15) is 18.7 Å². The predicted octanol–water partition coefficient (Wildman–Crippen LogP) is 5.35. The Morgan fingerprint density at radius 1 is 1.17 bits per heavy atom. The first-order chi connectivity index (χ1) is 22.6. The van der Waals surface area contributed by atoms with Gasteiger partial charge in [0.2, 0.25) is 10.0 Å². The van der Waals surface area contributed by atoms with Crippen LogP contribution in [-0.2, 0) is 40.3 Å². The Bertz CT molecular complexity index is 1790. The van der Waals surface area contributed by atoms with E-state index in [1.54, 1.807) is 30.1 Å². The lowest BCUT2D eigenvalue weighted by molar-refractivity contribution is -0.0248. The molecule has 1 spiro atoms. The van der Waals surface area contributed by atoms with E-state index in [-0.39, 0.29) is 17.4 Å². The number of hydrogen-bond acceptors (Lipinski definition) is 8. The first kappa shape index (κ1) is 32.2. The Hall–Kier alpha value is -3.41. The third-order valence-corrected chi connectivity index (χ3v) is 12.5. The number of benzene rings is 2. The normalized spacial score (nSPS) is 29.4. The fourth-order valence-corrected chi connectivity index (χ4v) is 8.96. The van der Waals surface area contributed by atoms with Crippen LogP contribution in [0.15, 0.2) is 54.9 Å². The molecule has 3 heterocycles. The molecule has 2 aliphatic heterocycles. The lowest BCUT2D eigenvalue weighted by Gasteiger charge is -2.46. The van der Waals surface area contributed by atoms with Crippen LogP contribution < -0.4 is 14.4 Å². The lowest BCUT2D eigenvalue weighted by atomic mass is 9.68. The molecule has 0 radical (unpaired) electrons. The Kier molecular flexibility index (Phi) is 8.82. The van der Waals surface area contributed by atoms with E-state index in [1.807, 2.05) is 25.3 Å². The summed E-state index contributed by atoms with van der Waals surface area (Å²) in [6, 6.07) is 11.5. The molecule has 1 saturated carbocycles. The van der Waals surface area contributed by atoms with E-state index in [2.05, 4.69) is 37.9 Å². The monoisotopic (exact) mass is 679 g/mol. The van der Waals surface area contributed by atoms with E-state index >= 15 is 0 Å². The smallest absolute Gasteiger partial charge is 0.264 e. The third-order valence-electron chi connectivity index (χ3n) is 10.5. The summed E-state index contributed by atoms with van der Waals surface area (Å²) in [7, 11) is -2.06. The maximum atomic E-state index is 13.4. The van der Waals surface area contributed by atoms with Gasteiger partial charge < -0.3 is 14.4 Å². The van der Waals surface area contributed by atoms with Crippen molar-refractivity contribution >= 4 is 33.2 Å². The van der Waals surface area contributed by atoms with Crippen LogP contribution in [0.4, 0.5) is 5.69 Å². The fourth-order valence-electron chi connectivity index (χ4n) is 7.74. The average molecular weight is 680 g/mol. The van der Waals surface area contributed by atoms with Crippen LogP contribution in [0.2, 0.25) is 5.02 Å². The van der Waals surface area contributed by atoms with Gasteiger partial charge in [-0.1, -0.05) is 29.8 Å². The minimum absolute atomic E-state index is 0.169. The average Bonchev–Trinajstić information content (AvgIpc) is 3.39. The third kappa shape index (κ3) is 6.54. The highest BCUT2D eigenvalue weighted by atomic mass is 35.5. The molecule has 5 atom stereocenters. The van der Waals surface area contributed by atoms with Crippen molar-refractivity contribution in [1.82, 2.24) is 19.5 Å². The van der Waals surface area contributed by atoms with Crippen LogP contribution in [0.1, 0.15) is 72.8 Å². The van der Waals surface area contributed by atoms with Gasteiger partial charge in [-0.05, 0) is 105 Å². The molecule has 1 fully saturated rings. The molecular weight excluding hydrogens is 638 g/mol. The number of carbonyl (C=O) groups excluding carboxylic acids is 1. The number of hydrogen-bond donors (Lipinski definition) is 1. The summed E-state index contributed by atoms with van der Waals surface area (Å²) < 4.78 is 43.5. The number of fused-ring (bicyclic) bond motifs is 4. The number of nitrogens with one attached hydrogen (secondary N) is 1. The number of allylic oxidation sites excluding steroid dienone is 1. The number of nitrogens with zero attached hydrogens (tertiary/aromatic N) is 4. The number of anilines is 1. The first-order valence-electron chi connectivity index (χ1n) is 16.6. The van der Waals surface area contributed by atoms with Gasteiger partial charge in [0.25, 0.3) is 5.91 Å². The number of rotatable bonds is 3. The van der Waals surface area contributed by atoms with E-state index in [9.17, 15) is 13.2 Å². The van der Waals surface area contributed by atoms with Gasteiger partial charge in [0, 0.05) is 36.1 Å². The Morgan fingerprint density at radius 3 is 2.83 bits per heavy atom. The number of sulfonamides is 1. The second-order valence-electron chi connectivity index (χ2n) is 13.7. The molecule has 1 aromatic heterocycles. The van der Waals surface area contributed by atoms with Gasteiger partial charge >= 0.3 is 0 Å². The zero-order valence-corrected chi connectivity index (χ0v) is 28.5. The van der Waals surface area contributed by atoms with Crippen LogP contribution in [0.3, 0.4) is 0 Å². The number of aromatic nitrogens is 3. The number of aryl methyl sites for hydroxylation is 2. The van der Waals surface area contributed by atoms with Crippen molar-refractivity contribution in [2.45, 2.75) is 75.2 Å². The summed E-state index contributed by atoms with van der Waals surface area (Å²) in [4.78, 5) is 20.1. The molecule has 7 rings (SSSR count). The molecule has 1 amide bonds. The maximum Gasteiger partial charge on any atom is 0.264 e. The summed E-state index contributed by atoms with van der Waals surface area (Å²) in [6.45, 7) is 3.89. The zero-order chi connectivity index (χ0) is 32.8. The number of ether oxygens (including phenoxy) is 2. The molecule has 4 aliphatic rings. The van der Waals surface area contributed by atoms with Gasteiger partial charge in [-0.15, -0.1) is 0 Å². The summed E-state index contributed by atoms with van der Waals surface area (Å²) in [5.74, 6) is 1.29. The van der Waals surface area contributed by atoms with Gasteiger partial charge in [0.05, 0.1) is 23.6 Å². The molecular formula is C35H42ClN5O5S. The molecule has 1 N–H and O–H groups in total. The molecule has 0 unspecified atom stereocenters. The van der Waals surface area contributed by atoms with Crippen molar-refractivity contribution in [2.24, 2.45) is 18.9 Å². The molecule has 3 aromatic rings. The quantitative estimate of drug-likeness (QED) is 0.369.